The normalized spacial score (nSPS) is 27.8. The minimum Gasteiger partial charge on any atom is -0.469 e. The average Bonchev–Trinajstić information content (AvgIpc) is 3.00. The van der Waals surface area contributed by atoms with E-state index in [1.807, 2.05) is 20.8 Å². The van der Waals surface area contributed by atoms with Crippen LogP contribution >= 0.6 is 0 Å². The summed E-state index contributed by atoms with van der Waals surface area (Å²) in [5.74, 6) is 0.401. The first-order valence-corrected chi connectivity index (χ1v) is 9.07. The number of methoxy groups -OCH3 is 1. The zero-order valence-electron chi connectivity index (χ0n) is 15.5. The maximum absolute atomic E-state index is 12.1. The van der Waals surface area contributed by atoms with Crippen LogP contribution < -0.4 is 5.32 Å². The lowest BCUT2D eigenvalue weighted by Gasteiger charge is -2.29. The first-order chi connectivity index (χ1) is 11.3. The highest BCUT2D eigenvalue weighted by Crippen LogP contribution is 2.26. The van der Waals surface area contributed by atoms with Crippen molar-refractivity contribution in [3.8, 4) is 0 Å². The predicted octanol–water partition coefficient (Wildman–Crippen LogP) is 2.56. The number of rotatable bonds is 4. The summed E-state index contributed by atoms with van der Waals surface area (Å²) < 4.78 is 10.3. The zero-order valence-corrected chi connectivity index (χ0v) is 15.5. The number of likely N-dealkylation sites (tertiary alicyclic amines) is 1. The number of nitrogens with one attached hydrogen (secondary N) is 1. The number of nitrogens with zero attached hydrogens (tertiary/aromatic N) is 1. The maximum atomic E-state index is 12.1. The summed E-state index contributed by atoms with van der Waals surface area (Å²) in [4.78, 5) is 25.6. The number of hydrogen-bond donors (Lipinski definition) is 1. The Bertz CT molecular complexity index is 447. The molecule has 3 atom stereocenters. The van der Waals surface area contributed by atoms with Gasteiger partial charge in [-0.3, -0.25) is 4.79 Å². The molecule has 0 aromatic rings. The molecular formula is C18H32N2O4. The highest BCUT2D eigenvalue weighted by atomic mass is 16.6. The number of carbonyl (C=O) groups excluding carboxylic acids is 2. The fourth-order valence-electron chi connectivity index (χ4n) is 3.58. The maximum Gasteiger partial charge on any atom is 0.410 e. The first kappa shape index (κ1) is 19.0. The Morgan fingerprint density at radius 1 is 1.21 bits per heavy atom. The molecule has 0 bridgehead atoms. The van der Waals surface area contributed by atoms with Gasteiger partial charge in [0.2, 0.25) is 0 Å². The summed E-state index contributed by atoms with van der Waals surface area (Å²) in [5, 5.41) is 3.59. The van der Waals surface area contributed by atoms with E-state index in [4.69, 9.17) is 9.47 Å². The number of amides is 1. The predicted molar refractivity (Wildman–Crippen MR) is 91.7 cm³/mol. The molecule has 3 unspecified atom stereocenters. The van der Waals surface area contributed by atoms with Crippen molar-refractivity contribution in [3.63, 3.8) is 0 Å². The van der Waals surface area contributed by atoms with E-state index >= 15 is 0 Å². The van der Waals surface area contributed by atoms with Crippen LogP contribution in [0.25, 0.3) is 0 Å². The highest BCUT2D eigenvalue weighted by Gasteiger charge is 2.31. The molecule has 1 amide bonds. The second-order valence-electron chi connectivity index (χ2n) is 8.07. The molecule has 24 heavy (non-hydrogen) atoms. The van der Waals surface area contributed by atoms with Gasteiger partial charge in [-0.1, -0.05) is 6.42 Å². The molecule has 1 N–H and O–H groups in total. The Morgan fingerprint density at radius 2 is 1.96 bits per heavy atom. The number of ether oxygens (including phenoxy) is 2. The van der Waals surface area contributed by atoms with Crippen LogP contribution in [0.5, 0.6) is 0 Å². The van der Waals surface area contributed by atoms with Gasteiger partial charge in [-0.2, -0.15) is 0 Å². The summed E-state index contributed by atoms with van der Waals surface area (Å²) in [5.41, 5.74) is -0.446. The molecule has 0 aromatic carbocycles. The molecule has 6 heteroatoms. The fraction of sp³-hybridized carbons (Fsp3) is 0.889. The smallest absolute Gasteiger partial charge is 0.410 e. The lowest BCUT2D eigenvalue weighted by molar-refractivity contribution is -0.146. The molecule has 1 saturated heterocycles. The van der Waals surface area contributed by atoms with E-state index < -0.39 is 5.60 Å². The van der Waals surface area contributed by atoms with Gasteiger partial charge in [0, 0.05) is 19.1 Å². The Balaban J connectivity index is 1.72. The standard InChI is InChI=1S/C18H32N2O4/c1-18(2,3)24-17(22)20-9-8-13(12-20)11-19-15-7-5-6-14(10-15)16(21)23-4/h13-15,19H,5-12H2,1-4H3. The third-order valence-corrected chi connectivity index (χ3v) is 4.84. The van der Waals surface area contributed by atoms with Crippen molar-refractivity contribution in [1.29, 1.82) is 0 Å². The molecule has 0 aromatic heterocycles. The molecule has 2 aliphatic rings. The largest absolute Gasteiger partial charge is 0.469 e. The van der Waals surface area contributed by atoms with E-state index in [1.165, 1.54) is 7.11 Å². The molecule has 1 saturated carbocycles. The van der Waals surface area contributed by atoms with E-state index in [-0.39, 0.29) is 18.0 Å². The van der Waals surface area contributed by atoms with Crippen molar-refractivity contribution >= 4 is 12.1 Å². The average molecular weight is 340 g/mol. The van der Waals surface area contributed by atoms with E-state index in [0.29, 0.717) is 12.0 Å². The van der Waals surface area contributed by atoms with E-state index in [2.05, 4.69) is 5.32 Å². The Hall–Kier alpha value is -1.30. The van der Waals surface area contributed by atoms with Gasteiger partial charge in [-0.15, -0.1) is 0 Å². The Labute approximate surface area is 145 Å². The van der Waals surface area contributed by atoms with E-state index in [9.17, 15) is 9.59 Å². The second kappa shape index (κ2) is 8.19. The van der Waals surface area contributed by atoms with Crippen molar-refractivity contribution in [1.82, 2.24) is 10.2 Å². The van der Waals surface area contributed by atoms with Gasteiger partial charge in [0.05, 0.1) is 13.0 Å². The van der Waals surface area contributed by atoms with Crippen LogP contribution in [0.15, 0.2) is 0 Å². The summed E-state index contributed by atoms with van der Waals surface area (Å²) in [6.45, 7) is 8.06. The topological polar surface area (TPSA) is 67.9 Å². The van der Waals surface area contributed by atoms with Crippen LogP contribution in [0.3, 0.4) is 0 Å². The van der Waals surface area contributed by atoms with Gasteiger partial charge >= 0.3 is 12.1 Å². The molecule has 0 radical (unpaired) electrons. The summed E-state index contributed by atoms with van der Waals surface area (Å²) in [6.07, 6.45) is 4.74. The van der Waals surface area contributed by atoms with Gasteiger partial charge in [-0.25, -0.2) is 4.79 Å². The van der Waals surface area contributed by atoms with Gasteiger partial charge < -0.3 is 19.7 Å². The SMILES string of the molecule is COC(=O)C1CCCC(NCC2CCN(C(=O)OC(C)(C)C)C2)C1. The Kier molecular flexibility index (Phi) is 6.49. The van der Waals surface area contributed by atoms with Crippen molar-refractivity contribution in [3.05, 3.63) is 0 Å². The lowest BCUT2D eigenvalue weighted by Crippen LogP contribution is -2.40. The van der Waals surface area contributed by atoms with Crippen LogP contribution in [0, 0.1) is 11.8 Å². The summed E-state index contributed by atoms with van der Waals surface area (Å²) in [6, 6.07) is 0.374. The third kappa shape index (κ3) is 5.65. The van der Waals surface area contributed by atoms with Crippen LogP contribution in [-0.4, -0.2) is 55.3 Å². The monoisotopic (exact) mass is 340 g/mol. The van der Waals surface area contributed by atoms with Crippen molar-refractivity contribution in [2.24, 2.45) is 11.8 Å². The fourth-order valence-corrected chi connectivity index (χ4v) is 3.58. The minimum atomic E-state index is -0.446. The quantitative estimate of drug-likeness (QED) is 0.797. The molecule has 1 aliphatic carbocycles. The first-order valence-electron chi connectivity index (χ1n) is 9.07. The van der Waals surface area contributed by atoms with Gasteiger partial charge in [0.15, 0.2) is 0 Å². The van der Waals surface area contributed by atoms with Crippen LogP contribution in [0.4, 0.5) is 4.79 Å². The van der Waals surface area contributed by atoms with Crippen LogP contribution in [0.2, 0.25) is 0 Å². The number of carbonyl (C=O) groups is 2. The van der Waals surface area contributed by atoms with Gasteiger partial charge in [0.25, 0.3) is 0 Å². The molecule has 6 nitrogen and oxygen atoms in total. The molecule has 2 rings (SSSR count). The zero-order chi connectivity index (χ0) is 17.7. The van der Waals surface area contributed by atoms with Crippen LogP contribution in [-0.2, 0) is 14.3 Å². The third-order valence-electron chi connectivity index (χ3n) is 4.84. The number of esters is 1. The van der Waals surface area contributed by atoms with Gasteiger partial charge in [-0.05, 0) is 58.9 Å². The highest BCUT2D eigenvalue weighted by molar-refractivity contribution is 5.72. The van der Waals surface area contributed by atoms with Crippen LogP contribution in [0.1, 0.15) is 52.9 Å². The number of hydrogen-bond acceptors (Lipinski definition) is 5. The van der Waals surface area contributed by atoms with E-state index in [0.717, 1.165) is 51.7 Å². The summed E-state index contributed by atoms with van der Waals surface area (Å²) in [7, 11) is 1.46. The molecule has 138 valence electrons. The summed E-state index contributed by atoms with van der Waals surface area (Å²) >= 11 is 0. The van der Waals surface area contributed by atoms with Crippen molar-refractivity contribution in [2.75, 3.05) is 26.7 Å². The van der Waals surface area contributed by atoms with Crippen molar-refractivity contribution in [2.45, 2.75) is 64.5 Å². The molecule has 0 spiro atoms. The molecular weight excluding hydrogens is 308 g/mol. The molecule has 1 heterocycles. The molecule has 2 fully saturated rings. The van der Waals surface area contributed by atoms with E-state index in [1.54, 1.807) is 4.90 Å². The second-order valence-corrected chi connectivity index (χ2v) is 8.07. The van der Waals surface area contributed by atoms with Crippen molar-refractivity contribution < 1.29 is 19.1 Å². The molecule has 1 aliphatic heterocycles. The lowest BCUT2D eigenvalue weighted by atomic mass is 9.85. The Morgan fingerprint density at radius 3 is 2.62 bits per heavy atom. The van der Waals surface area contributed by atoms with Gasteiger partial charge in [0.1, 0.15) is 5.60 Å². The minimum absolute atomic E-state index is 0.0306.